The molecule has 10 heavy (non-hydrogen) atoms. The fraction of sp³-hybridized carbons (Fsp3) is 0.571. The summed E-state index contributed by atoms with van der Waals surface area (Å²) in [6, 6.07) is 0. The Hall–Kier alpha value is -0.670. The third kappa shape index (κ3) is 7.33. The summed E-state index contributed by atoms with van der Waals surface area (Å²) >= 11 is 0. The maximum Gasteiger partial charge on any atom is 0.0943 e. The standard InChI is InChI=1S/C7H14N2O/c1-7(8)3-5-9-4-2-6-10/h3,5,8-10H,2,4,6H2,1H3/p+1/b5-3-,8-7?. The van der Waals surface area contributed by atoms with E-state index in [9.17, 15) is 0 Å². The van der Waals surface area contributed by atoms with Crippen LogP contribution in [-0.2, 0) is 0 Å². The summed E-state index contributed by atoms with van der Waals surface area (Å²) in [5, 5.41) is 17.4. The van der Waals surface area contributed by atoms with Gasteiger partial charge in [0.05, 0.1) is 12.7 Å². The Morgan fingerprint density at radius 3 is 2.90 bits per heavy atom. The molecule has 0 saturated carbocycles. The molecule has 0 heterocycles. The number of rotatable bonds is 5. The van der Waals surface area contributed by atoms with Gasteiger partial charge in [0.1, 0.15) is 0 Å². The summed E-state index contributed by atoms with van der Waals surface area (Å²) in [6.07, 6.45) is 4.39. The first-order valence-electron chi connectivity index (χ1n) is 3.43. The van der Waals surface area contributed by atoms with Crippen LogP contribution in [0.2, 0.25) is 0 Å². The summed E-state index contributed by atoms with van der Waals surface area (Å²) in [7, 11) is 0. The molecular formula is C7H15N2O+. The van der Waals surface area contributed by atoms with E-state index in [1.807, 2.05) is 11.5 Å². The van der Waals surface area contributed by atoms with Crippen molar-refractivity contribution in [1.82, 2.24) is 0 Å². The van der Waals surface area contributed by atoms with Crippen molar-refractivity contribution in [3.8, 4) is 0 Å². The average molecular weight is 143 g/mol. The second-order valence-electron chi connectivity index (χ2n) is 2.14. The maximum atomic E-state index is 8.39. The Bertz CT molecular complexity index is 121. The van der Waals surface area contributed by atoms with Crippen LogP contribution in [0, 0.1) is 5.41 Å². The lowest BCUT2D eigenvalue weighted by atomic mass is 10.4. The van der Waals surface area contributed by atoms with Gasteiger partial charge in [0.2, 0.25) is 0 Å². The molecular weight excluding hydrogens is 128 g/mol. The summed E-state index contributed by atoms with van der Waals surface area (Å²) in [5.41, 5.74) is 0.556. The van der Waals surface area contributed by atoms with E-state index < -0.39 is 0 Å². The lowest BCUT2D eigenvalue weighted by Gasteiger charge is -1.90. The van der Waals surface area contributed by atoms with E-state index >= 15 is 0 Å². The maximum absolute atomic E-state index is 8.39. The van der Waals surface area contributed by atoms with Crippen LogP contribution >= 0.6 is 0 Å². The zero-order chi connectivity index (χ0) is 7.82. The third-order valence-electron chi connectivity index (χ3n) is 1.01. The normalized spacial score (nSPS) is 10.6. The molecule has 0 aliphatic carbocycles. The first-order valence-corrected chi connectivity index (χ1v) is 3.43. The van der Waals surface area contributed by atoms with Crippen molar-refractivity contribution >= 4 is 5.71 Å². The first kappa shape index (κ1) is 9.33. The van der Waals surface area contributed by atoms with Crippen LogP contribution in [-0.4, -0.2) is 24.0 Å². The van der Waals surface area contributed by atoms with Crippen LogP contribution in [0.1, 0.15) is 13.3 Å². The molecule has 0 unspecified atom stereocenters. The largest absolute Gasteiger partial charge is 0.396 e. The van der Waals surface area contributed by atoms with Gasteiger partial charge in [0.15, 0.2) is 0 Å². The molecule has 0 bridgehead atoms. The molecule has 58 valence electrons. The van der Waals surface area contributed by atoms with Crippen molar-refractivity contribution in [3.05, 3.63) is 12.3 Å². The predicted octanol–water partition coefficient (Wildman–Crippen LogP) is -0.514. The minimum absolute atomic E-state index is 0.244. The molecule has 0 saturated heterocycles. The van der Waals surface area contributed by atoms with Gasteiger partial charge >= 0.3 is 0 Å². The quantitative estimate of drug-likeness (QED) is 0.352. The van der Waals surface area contributed by atoms with E-state index in [4.69, 9.17) is 10.5 Å². The van der Waals surface area contributed by atoms with E-state index in [0.717, 1.165) is 13.0 Å². The Labute approximate surface area is 61.3 Å². The molecule has 0 radical (unpaired) electrons. The Kier molecular flexibility index (Phi) is 6.02. The molecule has 0 aromatic heterocycles. The van der Waals surface area contributed by atoms with Crippen LogP contribution < -0.4 is 5.32 Å². The molecule has 0 aromatic carbocycles. The fourth-order valence-electron chi connectivity index (χ4n) is 0.518. The monoisotopic (exact) mass is 143 g/mol. The van der Waals surface area contributed by atoms with E-state index in [2.05, 4.69) is 0 Å². The van der Waals surface area contributed by atoms with Gasteiger partial charge in [0.25, 0.3) is 0 Å². The lowest BCUT2D eigenvalue weighted by molar-refractivity contribution is -0.588. The van der Waals surface area contributed by atoms with Gasteiger partial charge in [-0.05, 0) is 6.92 Å². The van der Waals surface area contributed by atoms with Crippen molar-refractivity contribution in [3.63, 3.8) is 0 Å². The highest BCUT2D eigenvalue weighted by Crippen LogP contribution is 1.68. The summed E-state index contributed by atoms with van der Waals surface area (Å²) in [6.45, 7) is 2.87. The molecule has 0 rings (SSSR count). The SMILES string of the molecule is CC(=N)/C=C\[NH2+]CCCO. The van der Waals surface area contributed by atoms with Gasteiger partial charge in [-0.15, -0.1) is 0 Å². The number of nitrogens with two attached hydrogens (primary N) is 1. The summed E-state index contributed by atoms with van der Waals surface area (Å²) in [4.78, 5) is 0. The number of aliphatic hydroxyl groups excluding tert-OH is 1. The van der Waals surface area contributed by atoms with Gasteiger partial charge < -0.3 is 15.8 Å². The van der Waals surface area contributed by atoms with Gasteiger partial charge in [-0.2, -0.15) is 0 Å². The lowest BCUT2D eigenvalue weighted by Crippen LogP contribution is -2.78. The predicted molar refractivity (Wildman–Crippen MR) is 41.0 cm³/mol. The smallest absolute Gasteiger partial charge is 0.0943 e. The van der Waals surface area contributed by atoms with Crippen molar-refractivity contribution in [2.24, 2.45) is 0 Å². The van der Waals surface area contributed by atoms with Crippen LogP contribution in [0.25, 0.3) is 0 Å². The molecule has 0 aliphatic heterocycles. The topological polar surface area (TPSA) is 60.7 Å². The van der Waals surface area contributed by atoms with E-state index in [1.165, 1.54) is 0 Å². The molecule has 0 amide bonds. The minimum Gasteiger partial charge on any atom is -0.396 e. The zero-order valence-electron chi connectivity index (χ0n) is 6.30. The summed E-state index contributed by atoms with van der Waals surface area (Å²) in [5.74, 6) is 0. The number of hydrogen-bond donors (Lipinski definition) is 3. The molecule has 0 aliphatic rings. The molecule has 0 atom stereocenters. The highest BCUT2D eigenvalue weighted by Gasteiger charge is 1.83. The number of quaternary nitrogens is 1. The van der Waals surface area contributed by atoms with Crippen molar-refractivity contribution < 1.29 is 10.4 Å². The number of nitrogens with one attached hydrogen (secondary N) is 1. The van der Waals surface area contributed by atoms with Crippen LogP contribution in [0.5, 0.6) is 0 Å². The fourth-order valence-corrected chi connectivity index (χ4v) is 0.518. The van der Waals surface area contributed by atoms with Crippen molar-refractivity contribution in [2.45, 2.75) is 13.3 Å². The number of allylic oxidation sites excluding steroid dienone is 1. The van der Waals surface area contributed by atoms with E-state index in [1.54, 1.807) is 13.0 Å². The number of aliphatic hydroxyl groups is 1. The summed E-state index contributed by atoms with van der Waals surface area (Å²) < 4.78 is 0. The van der Waals surface area contributed by atoms with Crippen molar-refractivity contribution in [2.75, 3.05) is 13.2 Å². The van der Waals surface area contributed by atoms with Crippen LogP contribution in [0.4, 0.5) is 0 Å². The second kappa shape index (κ2) is 6.45. The van der Waals surface area contributed by atoms with Gasteiger partial charge in [-0.3, -0.25) is 0 Å². The minimum atomic E-state index is 0.244. The average Bonchev–Trinajstić information content (AvgIpc) is 1.87. The molecule has 0 fully saturated rings. The Morgan fingerprint density at radius 1 is 1.70 bits per heavy atom. The third-order valence-corrected chi connectivity index (χ3v) is 1.01. The highest BCUT2D eigenvalue weighted by atomic mass is 16.3. The molecule has 3 nitrogen and oxygen atoms in total. The van der Waals surface area contributed by atoms with Gasteiger partial charge in [0, 0.05) is 24.8 Å². The molecule has 0 spiro atoms. The Morgan fingerprint density at radius 2 is 2.40 bits per heavy atom. The van der Waals surface area contributed by atoms with Gasteiger partial charge in [-0.25, -0.2) is 0 Å². The number of hydrogen-bond acceptors (Lipinski definition) is 2. The Balaban J connectivity index is 3.10. The van der Waals surface area contributed by atoms with Crippen molar-refractivity contribution in [1.29, 1.82) is 5.41 Å². The molecule has 3 heteroatoms. The van der Waals surface area contributed by atoms with E-state index in [-0.39, 0.29) is 6.61 Å². The van der Waals surface area contributed by atoms with E-state index in [0.29, 0.717) is 5.71 Å². The molecule has 0 aromatic rings. The van der Waals surface area contributed by atoms with Crippen LogP contribution in [0.15, 0.2) is 12.3 Å². The highest BCUT2D eigenvalue weighted by molar-refractivity contribution is 5.89. The van der Waals surface area contributed by atoms with Crippen LogP contribution in [0.3, 0.4) is 0 Å². The van der Waals surface area contributed by atoms with Gasteiger partial charge in [-0.1, -0.05) is 0 Å². The second-order valence-corrected chi connectivity index (χ2v) is 2.14. The zero-order valence-corrected chi connectivity index (χ0v) is 6.30. The molecule has 4 N–H and O–H groups in total. The first-order chi connectivity index (χ1) is 4.77.